The molecule has 5 aromatic carbocycles. The Bertz CT molecular complexity index is 2400. The van der Waals surface area contributed by atoms with Crippen molar-refractivity contribution in [1.82, 2.24) is 19.5 Å². The monoisotopic (exact) mass is 771 g/mol. The number of fused-ring (bicyclic) bond motifs is 6. The van der Waals surface area contributed by atoms with Crippen LogP contribution in [0, 0.1) is 19.1 Å². The number of nitrogens with zero attached hydrogens (tertiary/aromatic N) is 4. The van der Waals surface area contributed by atoms with Crippen LogP contribution in [0.3, 0.4) is 0 Å². The van der Waals surface area contributed by atoms with Crippen molar-refractivity contribution >= 4 is 43.9 Å². The second kappa shape index (κ2) is 12.5. The van der Waals surface area contributed by atoms with Gasteiger partial charge in [-0.1, -0.05) is 84.6 Å². The van der Waals surface area contributed by atoms with Gasteiger partial charge in [-0.15, -0.1) is 53.6 Å². The Labute approximate surface area is 279 Å². The third kappa shape index (κ3) is 5.18. The van der Waals surface area contributed by atoms with Crippen molar-refractivity contribution < 1.29 is 24.5 Å². The Hall–Kier alpha value is -5.42. The molecule has 0 N–H and O–H groups in total. The van der Waals surface area contributed by atoms with Crippen LogP contribution in [0.25, 0.3) is 72.2 Å². The van der Waals surface area contributed by atoms with E-state index in [0.29, 0.717) is 0 Å². The molecule has 46 heavy (non-hydrogen) atoms. The van der Waals surface area contributed by atoms with Crippen molar-refractivity contribution in [3.8, 4) is 28.3 Å². The predicted octanol–water partition coefficient (Wildman–Crippen LogP) is 9.79. The first-order valence-corrected chi connectivity index (χ1v) is 14.8. The van der Waals surface area contributed by atoms with Crippen LogP contribution in [-0.4, -0.2) is 19.5 Å². The predicted molar refractivity (Wildman–Crippen MR) is 181 cm³/mol. The molecule has 0 amide bonds. The SMILES string of the molecule is Cc1c[c-]c(-c2nc3c4ccccc4ncc3n2-c2ccccc2)c2oc3ccccc3c12.[Ir].[c-]1ccccc1-c1ccccn1. The van der Waals surface area contributed by atoms with Gasteiger partial charge in [0.15, 0.2) is 0 Å². The molecule has 223 valence electrons. The third-order valence-electron chi connectivity index (χ3n) is 7.94. The van der Waals surface area contributed by atoms with E-state index in [1.807, 2.05) is 109 Å². The number of rotatable bonds is 3. The second-order valence-electron chi connectivity index (χ2n) is 10.8. The quantitative estimate of drug-likeness (QED) is 0.168. The summed E-state index contributed by atoms with van der Waals surface area (Å²) in [4.78, 5) is 14.1. The maximum absolute atomic E-state index is 6.39. The van der Waals surface area contributed by atoms with E-state index in [0.717, 1.165) is 77.8 Å². The molecule has 0 saturated carbocycles. The zero-order chi connectivity index (χ0) is 30.2. The van der Waals surface area contributed by atoms with Gasteiger partial charge in [0.1, 0.15) is 5.58 Å². The third-order valence-corrected chi connectivity index (χ3v) is 7.94. The molecule has 0 spiro atoms. The number of pyridine rings is 2. The number of hydrogen-bond acceptors (Lipinski definition) is 4. The summed E-state index contributed by atoms with van der Waals surface area (Å²) in [5.74, 6) is 0.790. The van der Waals surface area contributed by atoms with Crippen LogP contribution in [-0.2, 0) is 20.1 Å². The molecule has 1 radical (unpaired) electrons. The fourth-order valence-electron chi connectivity index (χ4n) is 5.85. The van der Waals surface area contributed by atoms with Gasteiger partial charge >= 0.3 is 0 Å². The van der Waals surface area contributed by atoms with Gasteiger partial charge < -0.3 is 14.0 Å². The molecule has 0 saturated heterocycles. The summed E-state index contributed by atoms with van der Waals surface area (Å²) in [6.45, 7) is 2.10. The summed E-state index contributed by atoms with van der Waals surface area (Å²) in [6.07, 6.45) is 3.70. The molecule has 0 aliphatic carbocycles. The first-order chi connectivity index (χ1) is 22.3. The molecule has 0 unspecified atom stereocenters. The van der Waals surface area contributed by atoms with Crippen molar-refractivity contribution in [2.75, 3.05) is 0 Å². The maximum Gasteiger partial charge on any atom is 0.120 e. The van der Waals surface area contributed by atoms with Crippen LogP contribution < -0.4 is 0 Å². The average Bonchev–Trinajstić information content (AvgIpc) is 3.70. The van der Waals surface area contributed by atoms with Gasteiger partial charge in [-0.05, 0) is 36.0 Å². The van der Waals surface area contributed by atoms with Crippen molar-refractivity contribution in [3.63, 3.8) is 0 Å². The van der Waals surface area contributed by atoms with E-state index < -0.39 is 0 Å². The summed E-state index contributed by atoms with van der Waals surface area (Å²) < 4.78 is 8.55. The zero-order valence-electron chi connectivity index (χ0n) is 24.8. The molecular formula is C40H26IrN4O-2. The van der Waals surface area contributed by atoms with E-state index in [-0.39, 0.29) is 20.1 Å². The number of hydrogen-bond donors (Lipinski definition) is 0. The van der Waals surface area contributed by atoms with Gasteiger partial charge in [-0.2, -0.15) is 0 Å². The van der Waals surface area contributed by atoms with Crippen molar-refractivity contribution in [2.24, 2.45) is 0 Å². The fourth-order valence-corrected chi connectivity index (χ4v) is 5.85. The van der Waals surface area contributed by atoms with Crippen LogP contribution in [0.5, 0.6) is 0 Å². The number of para-hydroxylation sites is 3. The Morgan fingerprint density at radius 3 is 2.28 bits per heavy atom. The Morgan fingerprint density at radius 2 is 1.48 bits per heavy atom. The largest absolute Gasteiger partial charge is 0.501 e. The van der Waals surface area contributed by atoms with Gasteiger partial charge in [-0.25, -0.2) is 0 Å². The van der Waals surface area contributed by atoms with E-state index in [9.17, 15) is 0 Å². The number of imidazole rings is 1. The second-order valence-corrected chi connectivity index (χ2v) is 10.8. The van der Waals surface area contributed by atoms with Crippen LogP contribution in [0.2, 0.25) is 0 Å². The summed E-state index contributed by atoms with van der Waals surface area (Å²) in [6, 6.07) is 48.9. The molecule has 6 heteroatoms. The normalized spacial score (nSPS) is 11.0. The van der Waals surface area contributed by atoms with E-state index in [4.69, 9.17) is 14.4 Å². The topological polar surface area (TPSA) is 56.7 Å². The average molecular weight is 771 g/mol. The summed E-state index contributed by atoms with van der Waals surface area (Å²) in [5, 5.41) is 3.24. The molecular weight excluding hydrogens is 745 g/mol. The van der Waals surface area contributed by atoms with Crippen molar-refractivity contribution in [3.05, 3.63) is 157 Å². The zero-order valence-corrected chi connectivity index (χ0v) is 27.2. The van der Waals surface area contributed by atoms with Crippen molar-refractivity contribution in [2.45, 2.75) is 6.92 Å². The van der Waals surface area contributed by atoms with Crippen LogP contribution in [0.4, 0.5) is 0 Å². The Kier molecular flexibility index (Phi) is 7.98. The standard InChI is InChI=1S/C29H18N3O.C11H8N.Ir/c1-18-15-16-22(28-26(18)21-12-6-8-14-25(21)33-28)29-31-27-20-11-5-7-13-23(20)30-17-24(27)32(29)19-9-3-2-4-10-19;1-2-6-10(7-3-1)11-8-4-5-9-12-11;/h2-15,17H,1H3;1-6,8-9H;/q2*-1;. The molecule has 5 nitrogen and oxygen atoms in total. The first-order valence-electron chi connectivity index (χ1n) is 14.8. The van der Waals surface area contributed by atoms with Gasteiger partial charge in [0.25, 0.3) is 0 Å². The van der Waals surface area contributed by atoms with Gasteiger partial charge in [0.2, 0.25) is 0 Å². The molecule has 0 atom stereocenters. The van der Waals surface area contributed by atoms with E-state index in [1.165, 1.54) is 0 Å². The molecule has 9 aromatic rings. The Balaban J connectivity index is 0.000000220. The van der Waals surface area contributed by atoms with E-state index >= 15 is 0 Å². The molecule has 4 heterocycles. The molecule has 0 aliphatic rings. The number of aryl methyl sites for hydroxylation is 1. The Morgan fingerprint density at radius 1 is 0.717 bits per heavy atom. The minimum Gasteiger partial charge on any atom is -0.501 e. The van der Waals surface area contributed by atoms with E-state index in [1.54, 1.807) is 6.20 Å². The van der Waals surface area contributed by atoms with Crippen molar-refractivity contribution in [1.29, 1.82) is 0 Å². The summed E-state index contributed by atoms with van der Waals surface area (Å²) >= 11 is 0. The molecule has 9 rings (SSSR count). The number of benzene rings is 5. The molecule has 4 aromatic heterocycles. The maximum atomic E-state index is 6.39. The molecule has 0 bridgehead atoms. The molecule has 0 aliphatic heterocycles. The minimum absolute atomic E-state index is 0. The van der Waals surface area contributed by atoms with Gasteiger partial charge in [0.05, 0.1) is 34.2 Å². The fraction of sp³-hybridized carbons (Fsp3) is 0.0250. The summed E-state index contributed by atoms with van der Waals surface area (Å²) in [7, 11) is 0. The minimum atomic E-state index is 0. The van der Waals surface area contributed by atoms with Gasteiger partial charge in [0, 0.05) is 42.8 Å². The van der Waals surface area contributed by atoms with Crippen LogP contribution in [0.15, 0.2) is 144 Å². The van der Waals surface area contributed by atoms with E-state index in [2.05, 4.69) is 52.9 Å². The smallest absolute Gasteiger partial charge is 0.120 e. The van der Waals surface area contributed by atoms with Gasteiger partial charge in [-0.3, -0.25) is 9.97 Å². The van der Waals surface area contributed by atoms with Crippen LogP contribution in [0.1, 0.15) is 5.56 Å². The molecule has 0 fully saturated rings. The first kappa shape index (κ1) is 29.3. The van der Waals surface area contributed by atoms with Crippen LogP contribution >= 0.6 is 0 Å². The number of furan rings is 1. The summed E-state index contributed by atoms with van der Waals surface area (Å²) in [5.41, 5.74) is 9.47. The number of aromatic nitrogens is 4.